The summed E-state index contributed by atoms with van der Waals surface area (Å²) in [5, 5.41) is 3.34. The van der Waals surface area contributed by atoms with Crippen LogP contribution in [-0.2, 0) is 4.79 Å². The van der Waals surface area contributed by atoms with Crippen LogP contribution >= 0.6 is 0 Å². The van der Waals surface area contributed by atoms with E-state index in [0.29, 0.717) is 24.5 Å². The number of amides is 1. The predicted molar refractivity (Wildman–Crippen MR) is 62.7 cm³/mol. The van der Waals surface area contributed by atoms with Gasteiger partial charge in [-0.3, -0.25) is 4.79 Å². The molecule has 1 N–H and O–H groups in total. The molecule has 1 amide bonds. The molecule has 15 heavy (non-hydrogen) atoms. The minimum Gasteiger partial charge on any atom is -0.342 e. The van der Waals surface area contributed by atoms with Crippen molar-refractivity contribution < 1.29 is 4.79 Å². The lowest BCUT2D eigenvalue weighted by molar-refractivity contribution is -0.129. The van der Waals surface area contributed by atoms with Crippen molar-refractivity contribution in [1.82, 2.24) is 10.2 Å². The number of rotatable bonds is 6. The minimum absolute atomic E-state index is 0.233. The Balaban J connectivity index is 2.25. The first-order chi connectivity index (χ1) is 7.06. The van der Waals surface area contributed by atoms with E-state index in [1.807, 2.05) is 11.9 Å². The van der Waals surface area contributed by atoms with Crippen molar-refractivity contribution >= 4 is 5.91 Å². The highest BCUT2D eigenvalue weighted by Gasteiger charge is 2.29. The molecule has 1 unspecified atom stereocenters. The van der Waals surface area contributed by atoms with Crippen LogP contribution in [0, 0.1) is 5.92 Å². The van der Waals surface area contributed by atoms with Crippen molar-refractivity contribution in [2.45, 2.75) is 52.1 Å². The van der Waals surface area contributed by atoms with E-state index in [-0.39, 0.29) is 5.91 Å². The van der Waals surface area contributed by atoms with Crippen LogP contribution < -0.4 is 5.32 Å². The highest BCUT2D eigenvalue weighted by molar-refractivity contribution is 5.78. The Morgan fingerprint density at radius 2 is 2.07 bits per heavy atom. The lowest BCUT2D eigenvalue weighted by atomic mass is 10.0. The summed E-state index contributed by atoms with van der Waals surface area (Å²) in [6.45, 7) is 7.03. The van der Waals surface area contributed by atoms with Crippen LogP contribution in [0.4, 0.5) is 0 Å². The minimum atomic E-state index is 0.233. The molecule has 1 saturated carbocycles. The molecule has 88 valence electrons. The van der Waals surface area contributed by atoms with Gasteiger partial charge in [0.05, 0.1) is 6.54 Å². The van der Waals surface area contributed by atoms with E-state index in [2.05, 4.69) is 26.1 Å². The first-order valence-electron chi connectivity index (χ1n) is 6.05. The molecule has 1 atom stereocenters. The molecule has 0 bridgehead atoms. The third-order valence-electron chi connectivity index (χ3n) is 3.25. The molecule has 1 fully saturated rings. The van der Waals surface area contributed by atoms with Crippen LogP contribution in [0.5, 0.6) is 0 Å². The molecule has 0 aliphatic heterocycles. The quantitative estimate of drug-likeness (QED) is 0.726. The van der Waals surface area contributed by atoms with Crippen LogP contribution in [0.3, 0.4) is 0 Å². The van der Waals surface area contributed by atoms with Gasteiger partial charge in [-0.25, -0.2) is 0 Å². The van der Waals surface area contributed by atoms with E-state index in [1.54, 1.807) is 0 Å². The van der Waals surface area contributed by atoms with E-state index in [0.717, 1.165) is 6.42 Å². The molecule has 0 aromatic carbocycles. The van der Waals surface area contributed by atoms with E-state index in [4.69, 9.17) is 0 Å². The SMILES string of the molecule is CCC(NCC(=O)N(C)C1CC1)C(C)C. The lowest BCUT2D eigenvalue weighted by Gasteiger charge is -2.23. The van der Waals surface area contributed by atoms with Crippen LogP contribution in [-0.4, -0.2) is 36.5 Å². The fraction of sp³-hybridized carbons (Fsp3) is 0.917. The summed E-state index contributed by atoms with van der Waals surface area (Å²) in [5.41, 5.74) is 0. The Labute approximate surface area is 93.2 Å². The zero-order valence-electron chi connectivity index (χ0n) is 10.4. The number of likely N-dealkylation sites (N-methyl/N-ethyl adjacent to an activating group) is 1. The first kappa shape index (κ1) is 12.5. The molecular weight excluding hydrogens is 188 g/mol. The molecule has 0 heterocycles. The van der Waals surface area contributed by atoms with Gasteiger partial charge in [-0.2, -0.15) is 0 Å². The third kappa shape index (κ3) is 3.82. The Morgan fingerprint density at radius 3 is 2.47 bits per heavy atom. The molecule has 1 aliphatic carbocycles. The second-order valence-electron chi connectivity index (χ2n) is 4.88. The first-order valence-corrected chi connectivity index (χ1v) is 6.05. The van der Waals surface area contributed by atoms with Gasteiger partial charge >= 0.3 is 0 Å². The number of nitrogens with one attached hydrogen (secondary N) is 1. The molecule has 3 heteroatoms. The average Bonchev–Trinajstić information content (AvgIpc) is 3.00. The summed E-state index contributed by atoms with van der Waals surface area (Å²) in [4.78, 5) is 13.6. The summed E-state index contributed by atoms with van der Waals surface area (Å²) in [6, 6.07) is 0.986. The fourth-order valence-corrected chi connectivity index (χ4v) is 1.86. The van der Waals surface area contributed by atoms with Crippen molar-refractivity contribution in [3.8, 4) is 0 Å². The maximum atomic E-state index is 11.7. The maximum absolute atomic E-state index is 11.7. The van der Waals surface area contributed by atoms with E-state index < -0.39 is 0 Å². The fourth-order valence-electron chi connectivity index (χ4n) is 1.86. The molecular formula is C12H24N2O. The van der Waals surface area contributed by atoms with E-state index in [9.17, 15) is 4.79 Å². The molecule has 3 nitrogen and oxygen atoms in total. The topological polar surface area (TPSA) is 32.3 Å². The van der Waals surface area contributed by atoms with Gasteiger partial charge < -0.3 is 10.2 Å². The highest BCUT2D eigenvalue weighted by atomic mass is 16.2. The summed E-state index contributed by atoms with van der Waals surface area (Å²) in [6.07, 6.45) is 3.45. The number of hydrogen-bond acceptors (Lipinski definition) is 2. The number of carbonyl (C=O) groups is 1. The van der Waals surface area contributed by atoms with Gasteiger partial charge in [0, 0.05) is 19.1 Å². The van der Waals surface area contributed by atoms with Gasteiger partial charge in [0.2, 0.25) is 5.91 Å². The molecule has 1 aliphatic rings. The second kappa shape index (κ2) is 5.50. The molecule has 0 aromatic heterocycles. The average molecular weight is 212 g/mol. The van der Waals surface area contributed by atoms with Gasteiger partial charge in [-0.15, -0.1) is 0 Å². The lowest BCUT2D eigenvalue weighted by Crippen LogP contribution is -2.42. The van der Waals surface area contributed by atoms with Gasteiger partial charge in [-0.05, 0) is 25.2 Å². The zero-order valence-corrected chi connectivity index (χ0v) is 10.4. The number of carbonyl (C=O) groups excluding carboxylic acids is 1. The van der Waals surface area contributed by atoms with Crippen molar-refractivity contribution in [2.75, 3.05) is 13.6 Å². The van der Waals surface area contributed by atoms with Crippen LogP contribution in [0.15, 0.2) is 0 Å². The monoisotopic (exact) mass is 212 g/mol. The Morgan fingerprint density at radius 1 is 1.47 bits per heavy atom. The summed E-state index contributed by atoms with van der Waals surface area (Å²) in [7, 11) is 1.91. The molecule has 0 spiro atoms. The molecule has 1 rings (SSSR count). The maximum Gasteiger partial charge on any atom is 0.236 e. The Bertz CT molecular complexity index is 212. The molecule has 0 aromatic rings. The van der Waals surface area contributed by atoms with Crippen LogP contribution in [0.25, 0.3) is 0 Å². The van der Waals surface area contributed by atoms with Crippen molar-refractivity contribution in [1.29, 1.82) is 0 Å². The standard InChI is InChI=1S/C12H24N2O/c1-5-11(9(2)3)13-8-12(15)14(4)10-6-7-10/h9-11,13H,5-8H2,1-4H3. The summed E-state index contributed by atoms with van der Waals surface area (Å²) >= 11 is 0. The van der Waals surface area contributed by atoms with Gasteiger partial charge in [0.25, 0.3) is 0 Å². The summed E-state index contributed by atoms with van der Waals surface area (Å²) < 4.78 is 0. The largest absolute Gasteiger partial charge is 0.342 e. The zero-order chi connectivity index (χ0) is 11.4. The Hall–Kier alpha value is -0.570. The predicted octanol–water partition coefficient (Wildman–Crippen LogP) is 1.63. The van der Waals surface area contributed by atoms with Gasteiger partial charge in [0.15, 0.2) is 0 Å². The molecule has 0 radical (unpaired) electrons. The van der Waals surface area contributed by atoms with Crippen LogP contribution in [0.1, 0.15) is 40.0 Å². The van der Waals surface area contributed by atoms with E-state index >= 15 is 0 Å². The second-order valence-corrected chi connectivity index (χ2v) is 4.88. The third-order valence-corrected chi connectivity index (χ3v) is 3.25. The van der Waals surface area contributed by atoms with Gasteiger partial charge in [-0.1, -0.05) is 20.8 Å². The van der Waals surface area contributed by atoms with Crippen molar-refractivity contribution in [3.05, 3.63) is 0 Å². The Kier molecular flexibility index (Phi) is 4.58. The summed E-state index contributed by atoms with van der Waals surface area (Å²) in [5.74, 6) is 0.825. The normalized spacial score (nSPS) is 17.9. The highest BCUT2D eigenvalue weighted by Crippen LogP contribution is 2.25. The van der Waals surface area contributed by atoms with Crippen LogP contribution in [0.2, 0.25) is 0 Å². The smallest absolute Gasteiger partial charge is 0.236 e. The van der Waals surface area contributed by atoms with Crippen molar-refractivity contribution in [3.63, 3.8) is 0 Å². The van der Waals surface area contributed by atoms with Crippen molar-refractivity contribution in [2.24, 2.45) is 5.92 Å². The number of hydrogen-bond donors (Lipinski definition) is 1. The van der Waals surface area contributed by atoms with Gasteiger partial charge in [0.1, 0.15) is 0 Å². The van der Waals surface area contributed by atoms with E-state index in [1.165, 1.54) is 12.8 Å². The molecule has 0 saturated heterocycles. The number of nitrogens with zero attached hydrogens (tertiary/aromatic N) is 1.